The molecule has 0 saturated heterocycles. The quantitative estimate of drug-likeness (QED) is 0.438. The number of nitrogens with one attached hydrogen (secondary N) is 1. The van der Waals surface area contributed by atoms with Gasteiger partial charge in [0.15, 0.2) is 0 Å². The number of aliphatic hydroxyl groups is 1. The highest BCUT2D eigenvalue weighted by Gasteiger charge is 2.24. The number of nitrogens with zero attached hydrogens (tertiary/aromatic N) is 4. The number of fused-ring (bicyclic) bond motifs is 1. The van der Waals surface area contributed by atoms with Crippen molar-refractivity contribution >= 4 is 33.9 Å². The first-order chi connectivity index (χ1) is 13.9. The molecular formula is C20H21N5O2S2. The van der Waals surface area contributed by atoms with Crippen LogP contribution in [0.4, 0.5) is 5.69 Å². The first-order valence-corrected chi connectivity index (χ1v) is 10.6. The van der Waals surface area contributed by atoms with E-state index in [1.54, 1.807) is 37.9 Å². The summed E-state index contributed by atoms with van der Waals surface area (Å²) in [4.78, 5) is 10.4. The predicted octanol–water partition coefficient (Wildman–Crippen LogP) is 4.52. The number of methoxy groups -OCH3 is 1. The Morgan fingerprint density at radius 3 is 2.79 bits per heavy atom. The van der Waals surface area contributed by atoms with Crippen LogP contribution in [0.1, 0.15) is 24.5 Å². The van der Waals surface area contributed by atoms with Crippen molar-refractivity contribution in [3.63, 3.8) is 0 Å². The summed E-state index contributed by atoms with van der Waals surface area (Å²) in [5, 5.41) is 15.5. The summed E-state index contributed by atoms with van der Waals surface area (Å²) in [5.74, 6) is 0.768. The van der Waals surface area contributed by atoms with Crippen molar-refractivity contribution in [2.75, 3.05) is 11.8 Å². The van der Waals surface area contributed by atoms with Crippen LogP contribution in [0.5, 0.6) is 5.75 Å². The zero-order chi connectivity index (χ0) is 20.6. The number of aromatic nitrogens is 4. The number of hydrogen-bond acceptors (Lipinski definition) is 8. The molecule has 0 aliphatic heterocycles. The van der Waals surface area contributed by atoms with Crippen molar-refractivity contribution in [1.29, 1.82) is 0 Å². The first kappa shape index (κ1) is 19.7. The van der Waals surface area contributed by atoms with Gasteiger partial charge >= 0.3 is 0 Å². The second-order valence-corrected chi connectivity index (χ2v) is 8.82. The number of aryl methyl sites for hydroxylation is 1. The molecule has 0 saturated carbocycles. The van der Waals surface area contributed by atoms with E-state index in [-0.39, 0.29) is 0 Å². The minimum Gasteiger partial charge on any atom is -0.496 e. The molecule has 2 N–H and O–H groups in total. The maximum atomic E-state index is 10.3. The fraction of sp³-hybridized carbons (Fsp3) is 0.250. The van der Waals surface area contributed by atoms with Gasteiger partial charge in [0.1, 0.15) is 16.4 Å². The molecule has 4 aromatic rings. The number of imidazole rings is 1. The van der Waals surface area contributed by atoms with Gasteiger partial charge in [-0.1, -0.05) is 11.3 Å². The van der Waals surface area contributed by atoms with Gasteiger partial charge in [-0.05, 0) is 63.1 Å². The van der Waals surface area contributed by atoms with Crippen LogP contribution in [0.25, 0.3) is 16.2 Å². The molecule has 3 heterocycles. The molecule has 0 atom stereocenters. The van der Waals surface area contributed by atoms with Crippen LogP contribution >= 0.6 is 23.3 Å². The lowest BCUT2D eigenvalue weighted by Gasteiger charge is -2.12. The lowest BCUT2D eigenvalue weighted by Crippen LogP contribution is -2.15. The standard InChI is InChI=1S/C20H21N5O2S2/c1-12-17(25-19(22-12)28-18(23-25)20(2,3)26)13-7-8-15(27-4)16(10-13)29-24-14-6-5-9-21-11-14/h5-11,24,26H,1-4H3. The lowest BCUT2D eigenvalue weighted by molar-refractivity contribution is 0.0773. The van der Waals surface area contributed by atoms with Gasteiger partial charge in [-0.25, -0.2) is 9.50 Å². The maximum Gasteiger partial charge on any atom is 0.213 e. The van der Waals surface area contributed by atoms with Gasteiger partial charge < -0.3 is 14.6 Å². The smallest absolute Gasteiger partial charge is 0.213 e. The number of hydrogen-bond donors (Lipinski definition) is 2. The molecule has 0 fully saturated rings. The zero-order valence-corrected chi connectivity index (χ0v) is 18.1. The molecule has 7 nitrogen and oxygen atoms in total. The molecule has 0 spiro atoms. The maximum absolute atomic E-state index is 10.3. The Bertz CT molecular complexity index is 1150. The average molecular weight is 428 g/mol. The number of benzene rings is 1. The Balaban J connectivity index is 1.73. The molecule has 9 heteroatoms. The van der Waals surface area contributed by atoms with E-state index >= 15 is 0 Å². The Morgan fingerprint density at radius 1 is 1.28 bits per heavy atom. The van der Waals surface area contributed by atoms with Gasteiger partial charge in [-0.2, -0.15) is 5.10 Å². The Morgan fingerprint density at radius 2 is 2.10 bits per heavy atom. The highest BCUT2D eigenvalue weighted by atomic mass is 32.2. The summed E-state index contributed by atoms with van der Waals surface area (Å²) < 4.78 is 10.6. The third kappa shape index (κ3) is 3.93. The SMILES string of the molecule is COc1ccc(-c2c(C)nc3sc(C(C)(C)O)nn23)cc1SNc1cccnc1. The number of pyridine rings is 1. The van der Waals surface area contributed by atoms with Crippen molar-refractivity contribution in [3.8, 4) is 17.0 Å². The van der Waals surface area contributed by atoms with Crippen LogP contribution in [-0.2, 0) is 5.60 Å². The third-order valence-electron chi connectivity index (χ3n) is 4.28. The normalized spacial score (nSPS) is 11.8. The van der Waals surface area contributed by atoms with Crippen LogP contribution in [-0.4, -0.2) is 31.8 Å². The molecule has 29 heavy (non-hydrogen) atoms. The summed E-state index contributed by atoms with van der Waals surface area (Å²) in [5.41, 5.74) is 2.65. The van der Waals surface area contributed by atoms with Crippen LogP contribution in [0.15, 0.2) is 47.6 Å². The van der Waals surface area contributed by atoms with Gasteiger partial charge in [0.25, 0.3) is 0 Å². The van der Waals surface area contributed by atoms with Crippen LogP contribution in [0.2, 0.25) is 0 Å². The minimum atomic E-state index is -1.01. The monoisotopic (exact) mass is 427 g/mol. The van der Waals surface area contributed by atoms with Gasteiger partial charge in [-0.3, -0.25) is 4.98 Å². The topological polar surface area (TPSA) is 84.6 Å². The van der Waals surface area contributed by atoms with E-state index in [0.717, 1.165) is 38.2 Å². The third-order valence-corrected chi connectivity index (χ3v) is 6.38. The Labute approximate surface area is 176 Å². The second-order valence-electron chi connectivity index (χ2n) is 7.02. The number of rotatable bonds is 6. The van der Waals surface area contributed by atoms with Gasteiger partial charge in [0.2, 0.25) is 4.96 Å². The van der Waals surface area contributed by atoms with Crippen molar-refractivity contribution in [3.05, 3.63) is 53.4 Å². The van der Waals surface area contributed by atoms with E-state index in [9.17, 15) is 5.11 Å². The fourth-order valence-corrected chi connectivity index (χ4v) is 4.60. The van der Waals surface area contributed by atoms with Crippen molar-refractivity contribution < 1.29 is 9.84 Å². The molecule has 150 valence electrons. The summed E-state index contributed by atoms with van der Waals surface area (Å²) in [7, 11) is 1.65. The van der Waals surface area contributed by atoms with Crippen molar-refractivity contribution in [2.45, 2.75) is 31.3 Å². The highest BCUT2D eigenvalue weighted by Crippen LogP contribution is 2.36. The molecule has 0 aliphatic rings. The van der Waals surface area contributed by atoms with E-state index < -0.39 is 5.60 Å². The van der Waals surface area contributed by atoms with E-state index in [2.05, 4.69) is 19.8 Å². The van der Waals surface area contributed by atoms with E-state index in [0.29, 0.717) is 5.01 Å². The van der Waals surface area contributed by atoms with Crippen molar-refractivity contribution in [1.82, 2.24) is 19.6 Å². The summed E-state index contributed by atoms with van der Waals surface area (Å²) in [6.07, 6.45) is 3.50. The van der Waals surface area contributed by atoms with Crippen molar-refractivity contribution in [2.24, 2.45) is 0 Å². The average Bonchev–Trinajstić information content (AvgIpc) is 3.23. The zero-order valence-electron chi connectivity index (χ0n) is 16.5. The molecule has 0 bridgehead atoms. The van der Waals surface area contributed by atoms with E-state index in [1.807, 2.05) is 37.3 Å². The minimum absolute atomic E-state index is 0.627. The van der Waals surface area contributed by atoms with E-state index in [1.165, 1.54) is 23.3 Å². The largest absolute Gasteiger partial charge is 0.496 e. The molecule has 3 aromatic heterocycles. The molecule has 0 aliphatic carbocycles. The van der Waals surface area contributed by atoms with Crippen LogP contribution < -0.4 is 9.46 Å². The summed E-state index contributed by atoms with van der Waals surface area (Å²) >= 11 is 2.85. The first-order valence-electron chi connectivity index (χ1n) is 8.97. The molecule has 1 aromatic carbocycles. The van der Waals surface area contributed by atoms with Gasteiger partial charge in [0.05, 0.1) is 35.3 Å². The number of anilines is 1. The molecule has 4 rings (SSSR count). The van der Waals surface area contributed by atoms with Gasteiger partial charge in [-0.15, -0.1) is 0 Å². The molecule has 0 amide bonds. The number of ether oxygens (including phenoxy) is 1. The second kappa shape index (κ2) is 7.66. The van der Waals surface area contributed by atoms with Crippen LogP contribution in [0.3, 0.4) is 0 Å². The predicted molar refractivity (Wildman–Crippen MR) is 117 cm³/mol. The van der Waals surface area contributed by atoms with Gasteiger partial charge in [0, 0.05) is 11.8 Å². The highest BCUT2D eigenvalue weighted by molar-refractivity contribution is 8.00. The molecule has 0 unspecified atom stereocenters. The molecule has 0 radical (unpaired) electrons. The van der Waals surface area contributed by atoms with E-state index in [4.69, 9.17) is 4.74 Å². The summed E-state index contributed by atoms with van der Waals surface area (Å²) in [6.45, 7) is 5.42. The Hall–Kier alpha value is -2.62. The Kier molecular flexibility index (Phi) is 5.20. The molecular weight excluding hydrogens is 406 g/mol. The fourth-order valence-electron chi connectivity index (χ4n) is 2.87. The lowest BCUT2D eigenvalue weighted by atomic mass is 10.1. The van der Waals surface area contributed by atoms with Crippen LogP contribution in [0, 0.1) is 6.92 Å². The summed E-state index contributed by atoms with van der Waals surface area (Å²) in [6, 6.07) is 9.81.